The maximum atomic E-state index is 12.5. The van der Waals surface area contributed by atoms with Crippen molar-refractivity contribution in [2.24, 2.45) is 0 Å². The molecule has 9 heteroatoms. The molecule has 0 saturated heterocycles. The van der Waals surface area contributed by atoms with Crippen LogP contribution in [0.15, 0.2) is 78.0 Å². The lowest BCUT2D eigenvalue weighted by Gasteiger charge is -2.08. The number of carbonyl (C=O) groups is 1. The zero-order valence-corrected chi connectivity index (χ0v) is 16.0. The first-order valence-electron chi connectivity index (χ1n) is 8.21. The molecule has 2 aromatic carbocycles. The Balaban J connectivity index is 1.49. The van der Waals surface area contributed by atoms with Gasteiger partial charge >= 0.3 is 0 Å². The average molecular weight is 410 g/mol. The van der Waals surface area contributed by atoms with Gasteiger partial charge in [0.05, 0.1) is 9.77 Å². The summed E-state index contributed by atoms with van der Waals surface area (Å²) >= 11 is 1.40. The summed E-state index contributed by atoms with van der Waals surface area (Å²) in [5, 5.41) is 3.79. The maximum absolute atomic E-state index is 12.5. The van der Waals surface area contributed by atoms with Crippen molar-refractivity contribution >= 4 is 49.0 Å². The molecule has 0 aliphatic carbocycles. The number of fused-ring (bicyclic) bond motifs is 1. The van der Waals surface area contributed by atoms with Crippen molar-refractivity contribution in [1.82, 2.24) is 9.97 Å². The molecule has 0 atom stereocenters. The minimum absolute atomic E-state index is 0.00959. The molecule has 2 heterocycles. The molecule has 0 spiro atoms. The van der Waals surface area contributed by atoms with Crippen LogP contribution in [0.25, 0.3) is 10.1 Å². The highest BCUT2D eigenvalue weighted by Gasteiger charge is 2.16. The monoisotopic (exact) mass is 410 g/mol. The van der Waals surface area contributed by atoms with Gasteiger partial charge in [-0.1, -0.05) is 18.2 Å². The molecule has 0 radical (unpaired) electrons. The van der Waals surface area contributed by atoms with Gasteiger partial charge in [-0.15, -0.1) is 11.3 Å². The fraction of sp³-hybridized carbons (Fsp3) is 0. The minimum atomic E-state index is -3.81. The number of anilines is 2. The molecule has 7 nitrogen and oxygen atoms in total. The first-order valence-corrected chi connectivity index (χ1v) is 10.5. The van der Waals surface area contributed by atoms with Crippen LogP contribution in [-0.4, -0.2) is 24.3 Å². The van der Waals surface area contributed by atoms with E-state index < -0.39 is 10.0 Å². The fourth-order valence-electron chi connectivity index (χ4n) is 2.53. The van der Waals surface area contributed by atoms with Gasteiger partial charge < -0.3 is 5.32 Å². The average Bonchev–Trinajstić information content (AvgIpc) is 3.13. The van der Waals surface area contributed by atoms with Gasteiger partial charge in [0.1, 0.15) is 0 Å². The molecule has 0 saturated carbocycles. The number of aromatic nitrogens is 2. The van der Waals surface area contributed by atoms with Gasteiger partial charge in [-0.25, -0.2) is 23.1 Å². The van der Waals surface area contributed by atoms with E-state index in [1.165, 1.54) is 48.0 Å². The smallest absolute Gasteiger partial charge is 0.265 e. The summed E-state index contributed by atoms with van der Waals surface area (Å²) in [7, 11) is -3.81. The van der Waals surface area contributed by atoms with E-state index in [0.717, 1.165) is 10.1 Å². The zero-order valence-electron chi connectivity index (χ0n) is 14.4. The molecule has 0 fully saturated rings. The van der Waals surface area contributed by atoms with Crippen LogP contribution in [0, 0.1) is 0 Å². The molecule has 140 valence electrons. The number of thiophene rings is 1. The number of hydrogen-bond acceptors (Lipinski definition) is 6. The number of sulfonamides is 1. The van der Waals surface area contributed by atoms with Crippen LogP contribution >= 0.6 is 11.3 Å². The molecule has 0 aliphatic rings. The SMILES string of the molecule is O=C(Nc1ccc(S(=O)(=O)Nc2ncccn2)cc1)c1cc2ccccc2s1. The van der Waals surface area contributed by atoms with Crippen LogP contribution in [0.1, 0.15) is 9.67 Å². The Morgan fingerprint density at radius 1 is 0.929 bits per heavy atom. The van der Waals surface area contributed by atoms with Gasteiger partial charge in [0, 0.05) is 22.8 Å². The van der Waals surface area contributed by atoms with E-state index in [4.69, 9.17) is 0 Å². The molecular weight excluding hydrogens is 396 g/mol. The third-order valence-corrected chi connectivity index (χ3v) is 6.32. The summed E-state index contributed by atoms with van der Waals surface area (Å²) in [4.78, 5) is 20.8. The maximum Gasteiger partial charge on any atom is 0.265 e. The Morgan fingerprint density at radius 3 is 2.36 bits per heavy atom. The Bertz CT molecular complexity index is 1200. The Hall–Kier alpha value is -3.30. The van der Waals surface area contributed by atoms with E-state index in [2.05, 4.69) is 20.0 Å². The summed E-state index contributed by atoms with van der Waals surface area (Å²) in [6.07, 6.45) is 2.88. The van der Waals surface area contributed by atoms with E-state index in [-0.39, 0.29) is 16.8 Å². The van der Waals surface area contributed by atoms with Crippen molar-refractivity contribution in [2.45, 2.75) is 4.90 Å². The molecular formula is C19H14N4O3S2. The first-order chi connectivity index (χ1) is 13.5. The predicted octanol–water partition coefficient (Wildman–Crippen LogP) is 3.74. The van der Waals surface area contributed by atoms with Crippen LogP contribution in [0.2, 0.25) is 0 Å². The molecule has 2 N–H and O–H groups in total. The number of benzene rings is 2. The van der Waals surface area contributed by atoms with E-state index in [0.29, 0.717) is 10.6 Å². The van der Waals surface area contributed by atoms with Crippen LogP contribution in [0.4, 0.5) is 11.6 Å². The van der Waals surface area contributed by atoms with Gasteiger partial charge in [0.25, 0.3) is 15.9 Å². The predicted molar refractivity (Wildman–Crippen MR) is 109 cm³/mol. The lowest BCUT2D eigenvalue weighted by molar-refractivity contribution is 0.103. The standard InChI is InChI=1S/C19H14N4O3S2/c24-18(17-12-13-4-1-2-5-16(13)27-17)22-14-6-8-15(9-7-14)28(25,26)23-19-20-10-3-11-21-19/h1-12H,(H,22,24)(H,20,21,23). The molecule has 4 rings (SSSR count). The van der Waals surface area contributed by atoms with Crippen molar-refractivity contribution in [2.75, 3.05) is 10.0 Å². The van der Waals surface area contributed by atoms with Crippen molar-refractivity contribution in [1.29, 1.82) is 0 Å². The van der Waals surface area contributed by atoms with Crippen LogP contribution in [0.5, 0.6) is 0 Å². The van der Waals surface area contributed by atoms with Crippen LogP contribution < -0.4 is 10.0 Å². The number of amides is 1. The Morgan fingerprint density at radius 2 is 1.64 bits per heavy atom. The summed E-state index contributed by atoms with van der Waals surface area (Å²) in [6.45, 7) is 0. The number of nitrogens with zero attached hydrogens (tertiary/aromatic N) is 2. The quantitative estimate of drug-likeness (QED) is 0.522. The second-order valence-electron chi connectivity index (χ2n) is 5.80. The Kier molecular flexibility index (Phi) is 4.76. The number of nitrogens with one attached hydrogen (secondary N) is 2. The van der Waals surface area contributed by atoms with Gasteiger partial charge in [-0.2, -0.15) is 0 Å². The van der Waals surface area contributed by atoms with Gasteiger partial charge in [-0.3, -0.25) is 4.79 Å². The molecule has 0 aliphatic heterocycles. The van der Waals surface area contributed by atoms with Crippen molar-refractivity contribution in [3.63, 3.8) is 0 Å². The number of carbonyl (C=O) groups excluding carboxylic acids is 1. The number of hydrogen-bond donors (Lipinski definition) is 2. The zero-order chi connectivity index (χ0) is 19.6. The molecule has 0 unspecified atom stereocenters. The van der Waals surface area contributed by atoms with Gasteiger partial charge in [0.15, 0.2) is 0 Å². The molecule has 28 heavy (non-hydrogen) atoms. The van der Waals surface area contributed by atoms with Crippen LogP contribution in [0.3, 0.4) is 0 Å². The summed E-state index contributed by atoms with van der Waals surface area (Å²) in [6, 6.07) is 17.1. The second kappa shape index (κ2) is 7.37. The lowest BCUT2D eigenvalue weighted by Crippen LogP contribution is -2.15. The summed E-state index contributed by atoms with van der Waals surface area (Å²) < 4.78 is 28.1. The molecule has 2 aromatic heterocycles. The van der Waals surface area contributed by atoms with E-state index in [1.54, 1.807) is 6.07 Å². The highest BCUT2D eigenvalue weighted by Crippen LogP contribution is 2.26. The normalized spacial score (nSPS) is 11.3. The van der Waals surface area contributed by atoms with Gasteiger partial charge in [0.2, 0.25) is 5.95 Å². The lowest BCUT2D eigenvalue weighted by atomic mass is 10.2. The largest absolute Gasteiger partial charge is 0.321 e. The van der Waals surface area contributed by atoms with Gasteiger partial charge in [-0.05, 0) is 47.9 Å². The topological polar surface area (TPSA) is 101 Å². The van der Waals surface area contributed by atoms with Crippen LogP contribution in [-0.2, 0) is 10.0 Å². The molecule has 4 aromatic rings. The minimum Gasteiger partial charge on any atom is -0.321 e. The van der Waals surface area contributed by atoms with Crippen molar-refractivity contribution < 1.29 is 13.2 Å². The van der Waals surface area contributed by atoms with Crippen molar-refractivity contribution in [3.05, 3.63) is 77.9 Å². The molecule has 0 bridgehead atoms. The number of rotatable bonds is 5. The fourth-order valence-corrected chi connectivity index (χ4v) is 4.45. The van der Waals surface area contributed by atoms with E-state index in [9.17, 15) is 13.2 Å². The Labute approximate surface area is 165 Å². The summed E-state index contributed by atoms with van der Waals surface area (Å²) in [5.41, 5.74) is 0.498. The van der Waals surface area contributed by atoms with E-state index >= 15 is 0 Å². The third-order valence-electron chi connectivity index (χ3n) is 3.86. The summed E-state index contributed by atoms with van der Waals surface area (Å²) in [5.74, 6) is -0.253. The van der Waals surface area contributed by atoms with E-state index in [1.807, 2.05) is 30.3 Å². The third kappa shape index (κ3) is 3.85. The molecule has 1 amide bonds. The van der Waals surface area contributed by atoms with Crippen molar-refractivity contribution in [3.8, 4) is 0 Å². The highest BCUT2D eigenvalue weighted by molar-refractivity contribution is 7.92. The first kappa shape index (κ1) is 18.1. The highest BCUT2D eigenvalue weighted by atomic mass is 32.2. The second-order valence-corrected chi connectivity index (χ2v) is 8.57.